The lowest BCUT2D eigenvalue weighted by atomic mass is 9.96. The van der Waals surface area contributed by atoms with Crippen molar-refractivity contribution < 1.29 is 13.2 Å². The molecular weight excluding hydrogens is 400 g/mol. The zero-order valence-corrected chi connectivity index (χ0v) is 18.0. The summed E-state index contributed by atoms with van der Waals surface area (Å²) in [7, 11) is -1.89. The van der Waals surface area contributed by atoms with Crippen molar-refractivity contribution in [2.45, 2.75) is 50.0 Å². The maximum Gasteiger partial charge on any atom is 0.275 e. The van der Waals surface area contributed by atoms with E-state index in [1.807, 2.05) is 29.5 Å². The third-order valence-corrected chi connectivity index (χ3v) is 7.73. The van der Waals surface area contributed by atoms with E-state index in [-0.39, 0.29) is 16.8 Å². The molecule has 1 aliphatic rings. The van der Waals surface area contributed by atoms with E-state index in [4.69, 9.17) is 0 Å². The second-order valence-electron chi connectivity index (χ2n) is 7.81. The number of rotatable bonds is 5. The topological polar surface area (TPSA) is 83.8 Å². The van der Waals surface area contributed by atoms with Gasteiger partial charge in [-0.25, -0.2) is 13.4 Å². The highest BCUT2D eigenvalue weighted by Crippen LogP contribution is 2.27. The van der Waals surface area contributed by atoms with E-state index < -0.39 is 10.0 Å². The van der Waals surface area contributed by atoms with Gasteiger partial charge in [0.25, 0.3) is 5.91 Å². The van der Waals surface area contributed by atoms with Crippen molar-refractivity contribution in [2.24, 2.45) is 0 Å². The van der Waals surface area contributed by atoms with Crippen LogP contribution in [0.15, 0.2) is 53.6 Å². The monoisotopic (exact) mass is 426 g/mol. The van der Waals surface area contributed by atoms with Gasteiger partial charge in [-0.1, -0.05) is 25.3 Å². The second-order valence-corrected chi connectivity index (χ2v) is 9.81. The van der Waals surface area contributed by atoms with Crippen molar-refractivity contribution >= 4 is 27.3 Å². The standard InChI is InChI=1S/C22H26N4O3S/c1-16-7-6-10-21-24-20(15-26(16)21)22(27)23-17-11-13-19(14-12-17)30(28,29)25(2)18-8-4-3-5-9-18/h6-7,10-15,18H,3-5,8-9H2,1-2H3,(H,23,27). The van der Waals surface area contributed by atoms with Crippen molar-refractivity contribution in [3.63, 3.8) is 0 Å². The highest BCUT2D eigenvalue weighted by atomic mass is 32.2. The largest absolute Gasteiger partial charge is 0.321 e. The van der Waals surface area contributed by atoms with Gasteiger partial charge in [-0.3, -0.25) is 4.79 Å². The Morgan fingerprint density at radius 3 is 2.47 bits per heavy atom. The molecule has 0 unspecified atom stereocenters. The minimum atomic E-state index is -3.55. The molecule has 0 saturated heterocycles. The zero-order chi connectivity index (χ0) is 21.3. The summed E-state index contributed by atoms with van der Waals surface area (Å²) in [6, 6.07) is 12.0. The first kappa shape index (κ1) is 20.6. The van der Waals surface area contributed by atoms with Crippen LogP contribution in [-0.2, 0) is 10.0 Å². The van der Waals surface area contributed by atoms with Crippen molar-refractivity contribution in [1.82, 2.24) is 13.7 Å². The predicted molar refractivity (Wildman–Crippen MR) is 116 cm³/mol. The normalized spacial score (nSPS) is 15.6. The Labute approximate surface area is 176 Å². The van der Waals surface area contributed by atoms with E-state index in [0.717, 1.165) is 31.4 Å². The van der Waals surface area contributed by atoms with Crippen LogP contribution >= 0.6 is 0 Å². The SMILES string of the molecule is Cc1cccc2nc(C(=O)Nc3ccc(S(=O)(=O)N(C)C4CCCCC4)cc3)cn12. The number of nitrogens with zero attached hydrogens (tertiary/aromatic N) is 3. The summed E-state index contributed by atoms with van der Waals surface area (Å²) < 4.78 is 29.2. The number of imidazole rings is 1. The molecule has 8 heteroatoms. The number of nitrogens with one attached hydrogen (secondary N) is 1. The number of hydrogen-bond acceptors (Lipinski definition) is 4. The molecule has 30 heavy (non-hydrogen) atoms. The number of aryl methyl sites for hydroxylation is 1. The Balaban J connectivity index is 1.48. The van der Waals surface area contributed by atoms with Gasteiger partial charge in [0.15, 0.2) is 0 Å². The number of amides is 1. The van der Waals surface area contributed by atoms with E-state index in [9.17, 15) is 13.2 Å². The van der Waals surface area contributed by atoms with Gasteiger partial charge in [0.2, 0.25) is 10.0 Å². The lowest BCUT2D eigenvalue weighted by Crippen LogP contribution is -2.38. The molecule has 158 valence electrons. The highest BCUT2D eigenvalue weighted by Gasteiger charge is 2.29. The van der Waals surface area contributed by atoms with Gasteiger partial charge in [0.05, 0.1) is 4.90 Å². The van der Waals surface area contributed by atoms with E-state index in [2.05, 4.69) is 10.3 Å². The number of anilines is 1. The van der Waals surface area contributed by atoms with Crippen LogP contribution in [0.5, 0.6) is 0 Å². The van der Waals surface area contributed by atoms with Crippen molar-refractivity contribution in [3.05, 3.63) is 60.0 Å². The maximum atomic E-state index is 12.9. The molecule has 0 bridgehead atoms. The van der Waals surface area contributed by atoms with E-state index in [0.29, 0.717) is 17.0 Å². The molecule has 1 aromatic carbocycles. The summed E-state index contributed by atoms with van der Waals surface area (Å²) in [5.41, 5.74) is 2.51. The third kappa shape index (κ3) is 3.97. The number of fused-ring (bicyclic) bond motifs is 1. The summed E-state index contributed by atoms with van der Waals surface area (Å²) in [6.45, 7) is 1.94. The van der Waals surface area contributed by atoms with Crippen LogP contribution in [0.3, 0.4) is 0 Å². The molecule has 1 saturated carbocycles. The van der Waals surface area contributed by atoms with E-state index >= 15 is 0 Å². The summed E-state index contributed by atoms with van der Waals surface area (Å²) in [6.07, 6.45) is 6.81. The van der Waals surface area contributed by atoms with Crippen LogP contribution < -0.4 is 5.32 Å². The first-order chi connectivity index (χ1) is 14.4. The lowest BCUT2D eigenvalue weighted by molar-refractivity contribution is 0.102. The molecule has 7 nitrogen and oxygen atoms in total. The fraction of sp³-hybridized carbons (Fsp3) is 0.364. The molecule has 3 aromatic rings. The Morgan fingerprint density at radius 1 is 1.10 bits per heavy atom. The average molecular weight is 427 g/mol. The minimum Gasteiger partial charge on any atom is -0.321 e. The molecule has 0 radical (unpaired) electrons. The molecule has 0 atom stereocenters. The number of sulfonamides is 1. The molecule has 0 spiro atoms. The van der Waals surface area contributed by atoms with Crippen LogP contribution in [0.1, 0.15) is 48.3 Å². The molecule has 0 aliphatic heterocycles. The van der Waals surface area contributed by atoms with Crippen LogP contribution in [0, 0.1) is 6.92 Å². The van der Waals surface area contributed by atoms with Gasteiger partial charge in [0, 0.05) is 30.7 Å². The summed E-state index contributed by atoms with van der Waals surface area (Å²) in [5.74, 6) is -0.340. The molecule has 1 amide bonds. The summed E-state index contributed by atoms with van der Waals surface area (Å²) in [5, 5.41) is 2.79. The van der Waals surface area contributed by atoms with Crippen molar-refractivity contribution in [1.29, 1.82) is 0 Å². The second kappa shape index (κ2) is 8.20. The van der Waals surface area contributed by atoms with Crippen LogP contribution in [0.2, 0.25) is 0 Å². The number of carbonyl (C=O) groups is 1. The lowest BCUT2D eigenvalue weighted by Gasteiger charge is -2.30. The van der Waals surface area contributed by atoms with Gasteiger partial charge < -0.3 is 9.72 Å². The average Bonchev–Trinajstić information content (AvgIpc) is 3.20. The quantitative estimate of drug-likeness (QED) is 0.672. The Bertz CT molecular complexity index is 1160. The van der Waals surface area contributed by atoms with Crippen LogP contribution in [-0.4, -0.2) is 41.1 Å². The molecule has 1 N–H and O–H groups in total. The Kier molecular flexibility index (Phi) is 5.62. The van der Waals surface area contributed by atoms with E-state index in [1.165, 1.54) is 22.9 Å². The Morgan fingerprint density at radius 2 is 1.80 bits per heavy atom. The van der Waals surface area contributed by atoms with Crippen LogP contribution in [0.4, 0.5) is 5.69 Å². The predicted octanol–water partition coefficient (Wildman–Crippen LogP) is 3.85. The maximum absolute atomic E-state index is 12.9. The van der Waals surface area contributed by atoms with Gasteiger partial charge in [-0.2, -0.15) is 4.31 Å². The van der Waals surface area contributed by atoms with Crippen molar-refractivity contribution in [2.75, 3.05) is 12.4 Å². The van der Waals surface area contributed by atoms with Gasteiger partial charge in [-0.05, 0) is 56.2 Å². The number of aromatic nitrogens is 2. The van der Waals surface area contributed by atoms with Gasteiger partial charge in [-0.15, -0.1) is 0 Å². The molecule has 1 fully saturated rings. The summed E-state index contributed by atoms with van der Waals surface area (Å²) in [4.78, 5) is 17.2. The van der Waals surface area contributed by atoms with Crippen molar-refractivity contribution in [3.8, 4) is 0 Å². The highest BCUT2D eigenvalue weighted by molar-refractivity contribution is 7.89. The number of carbonyl (C=O) groups excluding carboxylic acids is 1. The molecule has 2 heterocycles. The number of hydrogen-bond donors (Lipinski definition) is 1. The smallest absolute Gasteiger partial charge is 0.275 e. The molecule has 1 aliphatic carbocycles. The third-order valence-electron chi connectivity index (χ3n) is 5.81. The zero-order valence-electron chi connectivity index (χ0n) is 17.2. The van der Waals surface area contributed by atoms with E-state index in [1.54, 1.807) is 25.4 Å². The molecular formula is C22H26N4O3S. The fourth-order valence-corrected chi connectivity index (χ4v) is 5.39. The Hall–Kier alpha value is -2.71. The first-order valence-corrected chi connectivity index (χ1v) is 11.6. The minimum absolute atomic E-state index is 0.0571. The fourth-order valence-electron chi connectivity index (χ4n) is 3.97. The summed E-state index contributed by atoms with van der Waals surface area (Å²) >= 11 is 0. The number of pyridine rings is 1. The van der Waals surface area contributed by atoms with Gasteiger partial charge in [0.1, 0.15) is 11.3 Å². The first-order valence-electron chi connectivity index (χ1n) is 10.2. The molecule has 2 aromatic heterocycles. The van der Waals surface area contributed by atoms with Crippen LogP contribution in [0.25, 0.3) is 5.65 Å². The van der Waals surface area contributed by atoms with Gasteiger partial charge >= 0.3 is 0 Å². The molecule has 4 rings (SSSR count). The number of benzene rings is 1.